The Bertz CT molecular complexity index is 1410. The molecule has 2 heterocycles. The van der Waals surface area contributed by atoms with Crippen LogP contribution in [0, 0.1) is 6.92 Å². The molecule has 0 unspecified atom stereocenters. The summed E-state index contributed by atoms with van der Waals surface area (Å²) >= 11 is 6.53. The second-order valence-corrected chi connectivity index (χ2v) is 9.07. The fraction of sp³-hybridized carbons (Fsp3) is 0.321. The molecular formula is C28H31ClN4O4. The number of rotatable bonds is 11. The van der Waals surface area contributed by atoms with Crippen LogP contribution in [-0.4, -0.2) is 45.9 Å². The molecule has 2 aromatic heterocycles. The Labute approximate surface area is 221 Å². The minimum absolute atomic E-state index is 0.212. The minimum atomic E-state index is -0.992. The third-order valence-corrected chi connectivity index (χ3v) is 6.52. The number of carboxylic acid groups (broad SMARTS) is 1. The zero-order chi connectivity index (χ0) is 26.5. The SMILES string of the molecule is CCCc1cc(-c2cc(NCCn3c(C)cc4c(OC)ccc(Cl)c43)ncn2)cc(OCC)c1C(=O)O. The maximum atomic E-state index is 11.9. The van der Waals surface area contributed by atoms with Crippen molar-refractivity contribution in [3.8, 4) is 22.8 Å². The third kappa shape index (κ3) is 5.49. The Balaban J connectivity index is 1.58. The molecule has 0 aliphatic rings. The van der Waals surface area contributed by atoms with Gasteiger partial charge in [-0.25, -0.2) is 14.8 Å². The number of methoxy groups -OCH3 is 1. The summed E-state index contributed by atoms with van der Waals surface area (Å²) in [5, 5.41) is 14.8. The highest BCUT2D eigenvalue weighted by atomic mass is 35.5. The second kappa shape index (κ2) is 11.5. The van der Waals surface area contributed by atoms with E-state index in [0.29, 0.717) is 48.4 Å². The molecule has 194 valence electrons. The van der Waals surface area contributed by atoms with Gasteiger partial charge >= 0.3 is 5.97 Å². The molecule has 0 bridgehead atoms. The normalized spacial score (nSPS) is 11.1. The van der Waals surface area contributed by atoms with Crippen molar-refractivity contribution in [2.45, 2.75) is 40.2 Å². The molecule has 8 nitrogen and oxygen atoms in total. The minimum Gasteiger partial charge on any atom is -0.496 e. The number of anilines is 1. The number of hydrogen-bond donors (Lipinski definition) is 2. The molecule has 0 aliphatic heterocycles. The Kier molecular flexibility index (Phi) is 8.18. The number of aromatic nitrogens is 3. The van der Waals surface area contributed by atoms with E-state index in [1.54, 1.807) is 13.2 Å². The second-order valence-electron chi connectivity index (χ2n) is 8.66. The van der Waals surface area contributed by atoms with Crippen molar-refractivity contribution >= 4 is 34.3 Å². The molecule has 2 N–H and O–H groups in total. The van der Waals surface area contributed by atoms with Crippen LogP contribution in [0.15, 0.2) is 42.7 Å². The molecule has 0 fully saturated rings. The number of benzene rings is 2. The lowest BCUT2D eigenvalue weighted by atomic mass is 9.97. The number of nitrogens with one attached hydrogen (secondary N) is 1. The van der Waals surface area contributed by atoms with Crippen LogP contribution in [0.5, 0.6) is 11.5 Å². The van der Waals surface area contributed by atoms with Gasteiger partial charge in [-0.1, -0.05) is 24.9 Å². The van der Waals surface area contributed by atoms with Gasteiger partial charge in [-0.2, -0.15) is 0 Å². The first-order valence-corrected chi connectivity index (χ1v) is 12.7. The fourth-order valence-corrected chi connectivity index (χ4v) is 4.88. The monoisotopic (exact) mass is 522 g/mol. The van der Waals surface area contributed by atoms with E-state index in [0.717, 1.165) is 39.9 Å². The van der Waals surface area contributed by atoms with Gasteiger partial charge in [0.1, 0.15) is 29.2 Å². The van der Waals surface area contributed by atoms with Gasteiger partial charge in [-0.15, -0.1) is 0 Å². The van der Waals surface area contributed by atoms with Gasteiger partial charge in [0.2, 0.25) is 0 Å². The summed E-state index contributed by atoms with van der Waals surface area (Å²) in [6.45, 7) is 7.55. The van der Waals surface area contributed by atoms with E-state index in [9.17, 15) is 9.90 Å². The molecule has 9 heteroatoms. The number of aromatic carboxylic acids is 1. The van der Waals surface area contributed by atoms with Crippen LogP contribution in [0.2, 0.25) is 5.02 Å². The summed E-state index contributed by atoms with van der Waals surface area (Å²) in [7, 11) is 1.65. The molecule has 0 radical (unpaired) electrons. The van der Waals surface area contributed by atoms with Crippen molar-refractivity contribution in [1.29, 1.82) is 0 Å². The maximum absolute atomic E-state index is 11.9. The predicted molar refractivity (Wildman–Crippen MR) is 146 cm³/mol. The number of halogens is 1. The highest BCUT2D eigenvalue weighted by Crippen LogP contribution is 2.34. The zero-order valence-corrected chi connectivity index (χ0v) is 22.2. The number of nitrogens with zero attached hydrogens (tertiary/aromatic N) is 3. The maximum Gasteiger partial charge on any atom is 0.339 e. The lowest BCUT2D eigenvalue weighted by Gasteiger charge is -2.15. The van der Waals surface area contributed by atoms with Gasteiger partial charge in [0.25, 0.3) is 0 Å². The van der Waals surface area contributed by atoms with Gasteiger partial charge in [-0.3, -0.25) is 0 Å². The Morgan fingerprint density at radius 3 is 2.65 bits per heavy atom. The molecule has 0 amide bonds. The van der Waals surface area contributed by atoms with Gasteiger partial charge in [0.15, 0.2) is 0 Å². The predicted octanol–water partition coefficient (Wildman–Crippen LogP) is 6.23. The van der Waals surface area contributed by atoms with E-state index in [4.69, 9.17) is 21.1 Å². The first kappa shape index (κ1) is 26.3. The van der Waals surface area contributed by atoms with Gasteiger partial charge in [0, 0.05) is 35.8 Å². The van der Waals surface area contributed by atoms with Crippen molar-refractivity contribution in [2.24, 2.45) is 0 Å². The van der Waals surface area contributed by atoms with E-state index in [-0.39, 0.29) is 5.56 Å². The molecule has 0 atom stereocenters. The van der Waals surface area contributed by atoms with Crippen LogP contribution in [0.25, 0.3) is 22.2 Å². The molecule has 2 aromatic carbocycles. The number of carboxylic acids is 1. The molecule has 0 saturated carbocycles. The summed E-state index contributed by atoms with van der Waals surface area (Å²) < 4.78 is 13.4. The lowest BCUT2D eigenvalue weighted by molar-refractivity contribution is 0.0691. The number of carbonyl (C=O) groups is 1. The third-order valence-electron chi connectivity index (χ3n) is 6.22. The first-order valence-electron chi connectivity index (χ1n) is 12.3. The standard InChI is InChI=1S/C28H31ClN4O4/c1-5-7-18-13-19(14-24(37-6-2)26(18)28(34)35)22-15-25(32-16-31-22)30-10-11-33-17(3)12-20-23(36-4)9-8-21(29)27(20)33/h8-9,12-16H,5-7,10-11H2,1-4H3,(H,34,35)(H,30,31,32). The Morgan fingerprint density at radius 1 is 1.14 bits per heavy atom. The average molecular weight is 523 g/mol. The summed E-state index contributed by atoms with van der Waals surface area (Å²) in [5.41, 5.74) is 4.43. The Hall–Kier alpha value is -3.78. The van der Waals surface area contributed by atoms with Crippen LogP contribution >= 0.6 is 11.6 Å². The fourth-order valence-electron chi connectivity index (χ4n) is 4.61. The summed E-state index contributed by atoms with van der Waals surface area (Å²) in [6, 6.07) is 11.3. The van der Waals surface area contributed by atoms with Gasteiger partial charge in [0.05, 0.1) is 29.9 Å². The molecule has 0 saturated heterocycles. The molecule has 0 spiro atoms. The summed E-state index contributed by atoms with van der Waals surface area (Å²) in [6.07, 6.45) is 2.94. The van der Waals surface area contributed by atoms with Crippen LogP contribution in [0.1, 0.15) is 41.9 Å². The molecule has 4 rings (SSSR count). The highest BCUT2D eigenvalue weighted by Gasteiger charge is 2.19. The van der Waals surface area contributed by atoms with Crippen molar-refractivity contribution < 1.29 is 19.4 Å². The summed E-state index contributed by atoms with van der Waals surface area (Å²) in [4.78, 5) is 20.8. The van der Waals surface area contributed by atoms with E-state index in [1.165, 1.54) is 6.33 Å². The molecule has 37 heavy (non-hydrogen) atoms. The van der Waals surface area contributed by atoms with Crippen LogP contribution in [0.4, 0.5) is 5.82 Å². The molecule has 4 aromatic rings. The van der Waals surface area contributed by atoms with Crippen molar-refractivity contribution in [2.75, 3.05) is 25.6 Å². The van der Waals surface area contributed by atoms with E-state index in [2.05, 4.69) is 25.9 Å². The van der Waals surface area contributed by atoms with Crippen LogP contribution in [-0.2, 0) is 13.0 Å². The van der Waals surface area contributed by atoms with E-state index < -0.39 is 5.97 Å². The average Bonchev–Trinajstić information content (AvgIpc) is 3.21. The topological polar surface area (TPSA) is 98.5 Å². The van der Waals surface area contributed by atoms with Gasteiger partial charge in [-0.05, 0) is 56.2 Å². The van der Waals surface area contributed by atoms with Crippen LogP contribution in [0.3, 0.4) is 0 Å². The largest absolute Gasteiger partial charge is 0.496 e. The zero-order valence-electron chi connectivity index (χ0n) is 21.5. The highest BCUT2D eigenvalue weighted by molar-refractivity contribution is 6.35. The summed E-state index contributed by atoms with van der Waals surface area (Å²) in [5.74, 6) is 0.818. The van der Waals surface area contributed by atoms with E-state index >= 15 is 0 Å². The number of fused-ring (bicyclic) bond motifs is 1. The van der Waals surface area contributed by atoms with Crippen molar-refractivity contribution in [3.05, 3.63) is 64.6 Å². The number of hydrogen-bond acceptors (Lipinski definition) is 6. The van der Waals surface area contributed by atoms with Crippen molar-refractivity contribution in [1.82, 2.24) is 14.5 Å². The van der Waals surface area contributed by atoms with E-state index in [1.807, 2.05) is 45.0 Å². The Morgan fingerprint density at radius 2 is 1.95 bits per heavy atom. The number of ether oxygens (including phenoxy) is 2. The first-order chi connectivity index (χ1) is 17.9. The number of aryl methyl sites for hydroxylation is 2. The van der Waals surface area contributed by atoms with Gasteiger partial charge < -0.3 is 24.5 Å². The van der Waals surface area contributed by atoms with Crippen molar-refractivity contribution in [3.63, 3.8) is 0 Å². The van der Waals surface area contributed by atoms with Crippen LogP contribution < -0.4 is 14.8 Å². The lowest BCUT2D eigenvalue weighted by Crippen LogP contribution is -2.12. The smallest absolute Gasteiger partial charge is 0.339 e. The quantitative estimate of drug-likeness (QED) is 0.241. The molecular weight excluding hydrogens is 492 g/mol. The molecule has 0 aliphatic carbocycles.